The molecular weight excluding hydrogens is 378 g/mol. The van der Waals surface area contributed by atoms with Crippen LogP contribution in [-0.4, -0.2) is 26.4 Å². The molecule has 1 aromatic carbocycles. The monoisotopic (exact) mass is 395 g/mol. The van der Waals surface area contributed by atoms with Crippen LogP contribution in [0.15, 0.2) is 53.4 Å². The van der Waals surface area contributed by atoms with E-state index in [2.05, 4.69) is 60.0 Å². The summed E-state index contributed by atoms with van der Waals surface area (Å²) in [5, 5.41) is 0. The van der Waals surface area contributed by atoms with Gasteiger partial charge in [-0.3, -0.25) is 9.88 Å². The lowest BCUT2D eigenvalue weighted by molar-refractivity contribution is 0.243. The lowest BCUT2D eigenvalue weighted by Gasteiger charge is -2.28. The van der Waals surface area contributed by atoms with Gasteiger partial charge in [0.1, 0.15) is 0 Å². The number of anilines is 1. The quantitative estimate of drug-likeness (QED) is 0.735. The molecule has 25 heavy (non-hydrogen) atoms. The van der Waals surface area contributed by atoms with E-state index in [1.807, 2.05) is 24.7 Å². The van der Waals surface area contributed by atoms with Gasteiger partial charge in [0.15, 0.2) is 0 Å². The van der Waals surface area contributed by atoms with Crippen molar-refractivity contribution in [2.24, 2.45) is 0 Å². The molecule has 126 valence electrons. The Balaban J connectivity index is 1.59. The first-order chi connectivity index (χ1) is 12.2. The summed E-state index contributed by atoms with van der Waals surface area (Å²) in [4.78, 5) is 15.2. The average Bonchev–Trinajstić information content (AvgIpc) is 2.62. The van der Waals surface area contributed by atoms with Crippen molar-refractivity contribution in [1.82, 2.24) is 19.9 Å². The van der Waals surface area contributed by atoms with Gasteiger partial charge < -0.3 is 5.73 Å². The van der Waals surface area contributed by atoms with E-state index >= 15 is 0 Å². The van der Waals surface area contributed by atoms with Crippen molar-refractivity contribution in [3.8, 4) is 11.1 Å². The summed E-state index contributed by atoms with van der Waals surface area (Å²) in [6.07, 6.45) is 6.56. The zero-order valence-corrected chi connectivity index (χ0v) is 15.3. The molecule has 0 amide bonds. The third-order valence-corrected chi connectivity index (χ3v) is 4.96. The third kappa shape index (κ3) is 3.55. The second kappa shape index (κ2) is 6.90. The molecule has 1 aliphatic rings. The Labute approximate surface area is 155 Å². The summed E-state index contributed by atoms with van der Waals surface area (Å²) < 4.78 is 1.08. The van der Waals surface area contributed by atoms with Crippen LogP contribution >= 0.6 is 15.9 Å². The van der Waals surface area contributed by atoms with Crippen molar-refractivity contribution >= 4 is 21.9 Å². The molecule has 0 saturated carbocycles. The molecule has 3 aromatic rings. The lowest BCUT2D eigenvalue weighted by atomic mass is 10.0. The van der Waals surface area contributed by atoms with Gasteiger partial charge in [-0.25, -0.2) is 9.97 Å². The Bertz CT molecular complexity index is 912. The number of aromatic nitrogens is 3. The molecule has 5 nitrogen and oxygen atoms in total. The third-order valence-electron chi connectivity index (χ3n) is 4.46. The van der Waals surface area contributed by atoms with E-state index in [9.17, 15) is 0 Å². The number of nitrogens with zero attached hydrogens (tertiary/aromatic N) is 4. The SMILES string of the molecule is Nc1ncc2c(n1)CCN(Cc1cnccc1-c1cccc(Br)c1)C2. The van der Waals surface area contributed by atoms with Crippen LogP contribution in [0.2, 0.25) is 0 Å². The number of hydrogen-bond acceptors (Lipinski definition) is 5. The van der Waals surface area contributed by atoms with Crippen LogP contribution in [0.1, 0.15) is 16.8 Å². The van der Waals surface area contributed by atoms with Crippen molar-refractivity contribution in [2.45, 2.75) is 19.5 Å². The van der Waals surface area contributed by atoms with E-state index in [0.29, 0.717) is 5.95 Å². The molecule has 0 spiro atoms. The highest BCUT2D eigenvalue weighted by molar-refractivity contribution is 9.10. The Morgan fingerprint density at radius 1 is 1.20 bits per heavy atom. The molecule has 2 N–H and O–H groups in total. The number of rotatable bonds is 3. The summed E-state index contributed by atoms with van der Waals surface area (Å²) in [5.41, 5.74) is 11.6. The van der Waals surface area contributed by atoms with E-state index in [1.54, 1.807) is 0 Å². The number of pyridine rings is 1. The summed E-state index contributed by atoms with van der Waals surface area (Å²) in [6.45, 7) is 2.64. The first-order valence-corrected chi connectivity index (χ1v) is 9.00. The van der Waals surface area contributed by atoms with Gasteiger partial charge in [0.05, 0.1) is 5.69 Å². The molecule has 0 fully saturated rings. The van der Waals surface area contributed by atoms with E-state index in [-0.39, 0.29) is 0 Å². The van der Waals surface area contributed by atoms with Gasteiger partial charge in [0.2, 0.25) is 5.95 Å². The fourth-order valence-corrected chi connectivity index (χ4v) is 3.66. The van der Waals surface area contributed by atoms with Crippen LogP contribution < -0.4 is 5.73 Å². The Kier molecular flexibility index (Phi) is 4.46. The number of nitrogen functional groups attached to an aromatic ring is 1. The van der Waals surface area contributed by atoms with Crippen molar-refractivity contribution in [1.29, 1.82) is 0 Å². The standard InChI is InChI=1S/C19H18BrN5/c20-16-3-1-2-13(8-16)17-4-6-22-9-14(17)11-25-7-5-18-15(12-25)10-23-19(21)24-18/h1-4,6,8-10H,5,7,11-12H2,(H2,21,23,24). The van der Waals surface area contributed by atoms with Crippen LogP contribution in [0.3, 0.4) is 0 Å². The average molecular weight is 396 g/mol. The van der Waals surface area contributed by atoms with Crippen molar-refractivity contribution in [3.05, 3.63) is 70.2 Å². The molecule has 3 heterocycles. The Morgan fingerprint density at radius 3 is 3.00 bits per heavy atom. The van der Waals surface area contributed by atoms with Crippen molar-refractivity contribution in [3.63, 3.8) is 0 Å². The summed E-state index contributed by atoms with van der Waals surface area (Å²) >= 11 is 3.56. The minimum atomic E-state index is 0.358. The highest BCUT2D eigenvalue weighted by atomic mass is 79.9. The molecule has 0 saturated heterocycles. The minimum Gasteiger partial charge on any atom is -0.368 e. The van der Waals surface area contributed by atoms with Crippen LogP contribution in [0, 0.1) is 0 Å². The molecule has 6 heteroatoms. The molecular formula is C19H18BrN5. The molecule has 0 bridgehead atoms. The number of nitrogens with two attached hydrogens (primary N) is 1. The zero-order chi connectivity index (χ0) is 17.2. The fourth-order valence-electron chi connectivity index (χ4n) is 3.26. The van der Waals surface area contributed by atoms with E-state index in [4.69, 9.17) is 5.73 Å². The van der Waals surface area contributed by atoms with Crippen LogP contribution in [-0.2, 0) is 19.5 Å². The van der Waals surface area contributed by atoms with Gasteiger partial charge >= 0.3 is 0 Å². The maximum Gasteiger partial charge on any atom is 0.220 e. The minimum absolute atomic E-state index is 0.358. The predicted octanol–water partition coefficient (Wildman–Crippen LogP) is 3.44. The van der Waals surface area contributed by atoms with Crippen molar-refractivity contribution < 1.29 is 0 Å². The second-order valence-electron chi connectivity index (χ2n) is 6.20. The summed E-state index contributed by atoms with van der Waals surface area (Å²) in [6, 6.07) is 10.5. The first-order valence-electron chi connectivity index (χ1n) is 8.20. The highest BCUT2D eigenvalue weighted by Crippen LogP contribution is 2.28. The smallest absolute Gasteiger partial charge is 0.220 e. The summed E-state index contributed by atoms with van der Waals surface area (Å²) in [5.74, 6) is 0.358. The summed E-state index contributed by atoms with van der Waals surface area (Å²) in [7, 11) is 0. The molecule has 4 rings (SSSR count). The van der Waals surface area contributed by atoms with Gasteiger partial charge in [0.25, 0.3) is 0 Å². The molecule has 1 aliphatic heterocycles. The van der Waals surface area contributed by atoms with E-state index < -0.39 is 0 Å². The molecule has 0 atom stereocenters. The molecule has 0 unspecified atom stereocenters. The van der Waals surface area contributed by atoms with E-state index in [1.165, 1.54) is 16.7 Å². The Morgan fingerprint density at radius 2 is 2.12 bits per heavy atom. The van der Waals surface area contributed by atoms with Gasteiger partial charge in [-0.05, 0) is 34.9 Å². The number of fused-ring (bicyclic) bond motifs is 1. The van der Waals surface area contributed by atoms with Crippen LogP contribution in [0.25, 0.3) is 11.1 Å². The van der Waals surface area contributed by atoms with Gasteiger partial charge in [-0.2, -0.15) is 0 Å². The molecule has 0 radical (unpaired) electrons. The Hall–Kier alpha value is -2.31. The number of halogens is 1. The van der Waals surface area contributed by atoms with Crippen molar-refractivity contribution in [2.75, 3.05) is 12.3 Å². The maximum atomic E-state index is 5.69. The first kappa shape index (κ1) is 16.2. The van der Waals surface area contributed by atoms with Gasteiger partial charge in [-0.1, -0.05) is 28.1 Å². The van der Waals surface area contributed by atoms with Crippen LogP contribution in [0.4, 0.5) is 5.95 Å². The molecule has 0 aliphatic carbocycles. The predicted molar refractivity (Wildman–Crippen MR) is 102 cm³/mol. The largest absolute Gasteiger partial charge is 0.368 e. The molecule has 2 aromatic heterocycles. The lowest BCUT2D eigenvalue weighted by Crippen LogP contribution is -2.31. The normalized spacial score (nSPS) is 14.3. The second-order valence-corrected chi connectivity index (χ2v) is 7.12. The van der Waals surface area contributed by atoms with Gasteiger partial charge in [0, 0.05) is 54.7 Å². The van der Waals surface area contributed by atoms with Crippen LogP contribution in [0.5, 0.6) is 0 Å². The number of benzene rings is 1. The zero-order valence-electron chi connectivity index (χ0n) is 13.7. The highest BCUT2D eigenvalue weighted by Gasteiger charge is 2.19. The maximum absolute atomic E-state index is 5.69. The number of hydrogen-bond donors (Lipinski definition) is 1. The van der Waals surface area contributed by atoms with E-state index in [0.717, 1.165) is 41.8 Å². The topological polar surface area (TPSA) is 67.9 Å². The van der Waals surface area contributed by atoms with Gasteiger partial charge in [-0.15, -0.1) is 0 Å². The fraction of sp³-hybridized carbons (Fsp3) is 0.211.